The van der Waals surface area contributed by atoms with E-state index >= 15 is 0 Å². The highest BCUT2D eigenvalue weighted by atomic mass is 14.1. The van der Waals surface area contributed by atoms with Gasteiger partial charge in [0.25, 0.3) is 0 Å². The van der Waals surface area contributed by atoms with Gasteiger partial charge in [-0.2, -0.15) is 0 Å². The molecule has 0 spiro atoms. The summed E-state index contributed by atoms with van der Waals surface area (Å²) in [4.78, 5) is 0. The van der Waals surface area contributed by atoms with Gasteiger partial charge in [-0.3, -0.25) is 0 Å². The molecule has 0 radical (unpaired) electrons. The minimum atomic E-state index is 0.407. The first kappa shape index (κ1) is 6.24. The third-order valence-electron chi connectivity index (χ3n) is 1.58. The Hall–Kier alpha value is -0.880. The molecule has 0 nitrogen and oxygen atoms in total. The highest BCUT2D eigenvalue weighted by molar-refractivity contribution is 5.17. The van der Waals surface area contributed by atoms with Crippen LogP contribution in [0, 0.1) is 36.0 Å². The quantitative estimate of drug-likeness (QED) is 0.484. The average Bonchev–Trinajstić information content (AvgIpc) is 1.78. The predicted octanol–water partition coefficient (Wildman–Crippen LogP) is 1.67. The zero-order chi connectivity index (χ0) is 6.69. The van der Waals surface area contributed by atoms with Gasteiger partial charge in [0.1, 0.15) is 0 Å². The van der Waals surface area contributed by atoms with Gasteiger partial charge in [0.05, 0.1) is 0 Å². The van der Waals surface area contributed by atoms with Crippen LogP contribution in [0.15, 0.2) is 0 Å². The van der Waals surface area contributed by atoms with Crippen molar-refractivity contribution in [3.05, 3.63) is 0 Å². The van der Waals surface area contributed by atoms with Gasteiger partial charge in [-0.05, 0) is 6.42 Å². The normalized spacial score (nSPS) is 24.7. The lowest BCUT2D eigenvalue weighted by molar-refractivity contribution is 0.526. The van der Waals surface area contributed by atoms with E-state index in [2.05, 4.69) is 24.7 Å². The first-order chi connectivity index (χ1) is 4.33. The summed E-state index contributed by atoms with van der Waals surface area (Å²) in [6, 6.07) is 0. The van der Waals surface area contributed by atoms with E-state index in [-0.39, 0.29) is 0 Å². The van der Waals surface area contributed by atoms with Crippen molar-refractivity contribution in [2.24, 2.45) is 11.8 Å². The summed E-state index contributed by atoms with van der Waals surface area (Å²) in [5.41, 5.74) is 0. The molecule has 0 saturated carbocycles. The van der Waals surface area contributed by atoms with Crippen LogP contribution in [-0.4, -0.2) is 0 Å². The van der Waals surface area contributed by atoms with Gasteiger partial charge in [-0.1, -0.05) is 12.8 Å². The Balaban J connectivity index is 2.22. The Bertz CT molecular complexity index is 184. The Morgan fingerprint density at radius 2 is 2.56 bits per heavy atom. The van der Waals surface area contributed by atoms with E-state index in [0.29, 0.717) is 11.8 Å². The third-order valence-corrected chi connectivity index (χ3v) is 1.58. The van der Waals surface area contributed by atoms with Crippen LogP contribution in [0.1, 0.15) is 19.8 Å². The number of rotatable bonds is 2. The smallest absolute Gasteiger partial charge is 0.0323 e. The molecule has 1 rings (SSSR count). The molecule has 0 amide bonds. The second kappa shape index (κ2) is 2.60. The van der Waals surface area contributed by atoms with Gasteiger partial charge < -0.3 is 0 Å². The molecule has 0 heterocycles. The molecule has 1 aliphatic rings. The maximum absolute atomic E-state index is 5.20. The lowest BCUT2D eigenvalue weighted by Crippen LogP contribution is -2.07. The molecule has 0 aromatic rings. The van der Waals surface area contributed by atoms with Crippen LogP contribution in [0.5, 0.6) is 0 Å². The molecule has 0 aromatic carbocycles. The number of hydrogen-bond acceptors (Lipinski definition) is 0. The minimum absolute atomic E-state index is 0.407. The van der Waals surface area contributed by atoms with Crippen LogP contribution < -0.4 is 0 Å². The van der Waals surface area contributed by atoms with E-state index in [0.717, 1.165) is 12.8 Å². The molecule has 2 unspecified atom stereocenters. The van der Waals surface area contributed by atoms with E-state index in [9.17, 15) is 0 Å². The highest BCUT2D eigenvalue weighted by Crippen LogP contribution is 2.18. The van der Waals surface area contributed by atoms with Crippen LogP contribution in [0.25, 0.3) is 0 Å². The van der Waals surface area contributed by atoms with Crippen LogP contribution in [0.3, 0.4) is 0 Å². The van der Waals surface area contributed by atoms with Crippen molar-refractivity contribution >= 4 is 0 Å². The van der Waals surface area contributed by atoms with Crippen molar-refractivity contribution in [1.29, 1.82) is 0 Å². The van der Waals surface area contributed by atoms with Gasteiger partial charge in [0.15, 0.2) is 0 Å². The van der Waals surface area contributed by atoms with Crippen LogP contribution in [0.2, 0.25) is 0 Å². The summed E-state index contributed by atoms with van der Waals surface area (Å²) in [7, 11) is 0. The molecule has 0 N–H and O–H groups in total. The largest absolute Gasteiger partial charge is 0.120 e. The Labute approximate surface area is 56.7 Å². The zero-order valence-corrected chi connectivity index (χ0v) is 5.65. The van der Waals surface area contributed by atoms with Gasteiger partial charge in [0.2, 0.25) is 0 Å². The molecule has 0 aromatic heterocycles. The molecule has 0 fully saturated rings. The second-order valence-electron chi connectivity index (χ2n) is 2.53. The lowest BCUT2D eigenvalue weighted by atomic mass is 9.89. The molecule has 2 atom stereocenters. The highest BCUT2D eigenvalue weighted by Gasteiger charge is 2.11. The van der Waals surface area contributed by atoms with E-state index < -0.39 is 0 Å². The van der Waals surface area contributed by atoms with Gasteiger partial charge in [-0.15, -0.1) is 18.3 Å². The van der Waals surface area contributed by atoms with E-state index in [4.69, 9.17) is 6.42 Å². The first-order valence-corrected chi connectivity index (χ1v) is 3.27. The summed E-state index contributed by atoms with van der Waals surface area (Å²) in [6.45, 7) is 2.07. The van der Waals surface area contributed by atoms with Crippen molar-refractivity contribution in [1.82, 2.24) is 0 Å². The molecule has 0 aliphatic heterocycles. The van der Waals surface area contributed by atoms with Crippen LogP contribution >= 0.6 is 0 Å². The van der Waals surface area contributed by atoms with Gasteiger partial charge in [0, 0.05) is 18.3 Å². The fraction of sp³-hybridized carbons (Fsp3) is 0.556. The van der Waals surface area contributed by atoms with Gasteiger partial charge in [-0.25, -0.2) is 0 Å². The van der Waals surface area contributed by atoms with Crippen molar-refractivity contribution in [2.45, 2.75) is 19.8 Å². The number of terminal acetylenes is 1. The summed E-state index contributed by atoms with van der Waals surface area (Å²) in [5.74, 6) is 9.75. The van der Waals surface area contributed by atoms with Crippen molar-refractivity contribution < 1.29 is 0 Å². The van der Waals surface area contributed by atoms with Crippen LogP contribution in [-0.2, 0) is 0 Å². The topological polar surface area (TPSA) is 0 Å². The number of hydrogen-bond donors (Lipinski definition) is 0. The monoisotopic (exact) mass is 118 g/mol. The molecule has 9 heavy (non-hydrogen) atoms. The molecule has 0 saturated heterocycles. The van der Waals surface area contributed by atoms with E-state index in [1.165, 1.54) is 0 Å². The molecular weight excluding hydrogens is 108 g/mol. The Morgan fingerprint density at radius 1 is 1.89 bits per heavy atom. The average molecular weight is 118 g/mol. The van der Waals surface area contributed by atoms with E-state index in [1.807, 2.05) is 0 Å². The van der Waals surface area contributed by atoms with Gasteiger partial charge >= 0.3 is 0 Å². The van der Waals surface area contributed by atoms with Crippen molar-refractivity contribution in [3.63, 3.8) is 0 Å². The molecule has 46 valence electrons. The predicted molar refractivity (Wildman–Crippen MR) is 38.5 cm³/mol. The molecule has 1 aliphatic carbocycles. The maximum Gasteiger partial charge on any atom is 0.0323 e. The fourth-order valence-corrected chi connectivity index (χ4v) is 0.883. The van der Waals surface area contributed by atoms with Crippen molar-refractivity contribution in [2.75, 3.05) is 0 Å². The first-order valence-electron chi connectivity index (χ1n) is 3.27. The molecule has 0 heteroatoms. The van der Waals surface area contributed by atoms with Crippen LogP contribution in [0.4, 0.5) is 0 Å². The van der Waals surface area contributed by atoms with Crippen molar-refractivity contribution in [3.8, 4) is 24.2 Å². The summed E-state index contributed by atoms with van der Waals surface area (Å²) >= 11 is 0. The third kappa shape index (κ3) is 1.51. The Kier molecular flexibility index (Phi) is 1.81. The summed E-state index contributed by atoms with van der Waals surface area (Å²) in [5, 5.41) is 0. The maximum atomic E-state index is 5.20. The SMILES string of the molecule is C#CC(C)CC1C#CC1. The lowest BCUT2D eigenvalue weighted by Gasteiger charge is -2.13. The molecule has 0 bridgehead atoms. The summed E-state index contributed by atoms with van der Waals surface area (Å²) in [6.07, 6.45) is 7.35. The second-order valence-corrected chi connectivity index (χ2v) is 2.53. The minimum Gasteiger partial charge on any atom is -0.120 e. The molecular formula is C9H10. The van der Waals surface area contributed by atoms with E-state index in [1.54, 1.807) is 0 Å². The Morgan fingerprint density at radius 3 is 2.89 bits per heavy atom. The summed E-state index contributed by atoms with van der Waals surface area (Å²) < 4.78 is 0. The standard InChI is InChI=1S/C9H10/c1-3-8(2)7-9-5-4-6-9/h1,8-9H,5,7H2,2H3. The fourth-order valence-electron chi connectivity index (χ4n) is 0.883. The zero-order valence-electron chi connectivity index (χ0n) is 5.65.